The van der Waals surface area contributed by atoms with E-state index in [9.17, 15) is 9.90 Å². The van der Waals surface area contributed by atoms with Gasteiger partial charge in [-0.2, -0.15) is 0 Å². The van der Waals surface area contributed by atoms with Gasteiger partial charge in [-0.1, -0.05) is 12.1 Å². The van der Waals surface area contributed by atoms with Gasteiger partial charge in [0.1, 0.15) is 16.9 Å². The Morgan fingerprint density at radius 3 is 2.50 bits per heavy atom. The lowest BCUT2D eigenvalue weighted by atomic mass is 10.2. The van der Waals surface area contributed by atoms with Gasteiger partial charge in [-0.15, -0.1) is 11.8 Å². The zero-order valence-corrected chi connectivity index (χ0v) is 13.0. The van der Waals surface area contributed by atoms with Gasteiger partial charge >= 0.3 is 0 Å². The number of nitrogens with zero attached hydrogens (tertiary/aromatic N) is 1. The molecule has 2 aromatic rings. The minimum atomic E-state index is -0.0638. The van der Waals surface area contributed by atoms with Crippen molar-refractivity contribution >= 4 is 23.4 Å². The summed E-state index contributed by atoms with van der Waals surface area (Å²) in [5, 5.41) is 9.35. The number of phenolic OH excluding ortho intramolecular Hbond substituents is 1. The second-order valence-corrected chi connectivity index (χ2v) is 6.01. The molecule has 1 saturated heterocycles. The van der Waals surface area contributed by atoms with Crippen LogP contribution in [0.15, 0.2) is 48.5 Å². The van der Waals surface area contributed by atoms with Crippen molar-refractivity contribution in [3.05, 3.63) is 54.1 Å². The van der Waals surface area contributed by atoms with Gasteiger partial charge in [0.2, 0.25) is 5.91 Å². The zero-order valence-electron chi connectivity index (χ0n) is 12.2. The smallest absolute Gasteiger partial charge is 0.238 e. The summed E-state index contributed by atoms with van der Waals surface area (Å²) in [5.41, 5.74) is 1.86. The first-order valence-corrected chi connectivity index (χ1v) is 8.19. The number of aromatic hydroxyl groups is 1. The van der Waals surface area contributed by atoms with Gasteiger partial charge in [0, 0.05) is 5.69 Å². The molecule has 2 aromatic carbocycles. The molecule has 0 aromatic heterocycles. The van der Waals surface area contributed by atoms with Crippen molar-refractivity contribution in [2.24, 2.45) is 0 Å². The average Bonchev–Trinajstić information content (AvgIpc) is 2.91. The molecule has 1 amide bonds. The van der Waals surface area contributed by atoms with E-state index in [-0.39, 0.29) is 17.0 Å². The predicted molar refractivity (Wildman–Crippen MR) is 88.4 cm³/mol. The maximum atomic E-state index is 12.3. The third kappa shape index (κ3) is 2.90. The molecule has 114 valence electrons. The average molecular weight is 315 g/mol. The Morgan fingerprint density at radius 1 is 1.18 bits per heavy atom. The van der Waals surface area contributed by atoms with E-state index in [0.29, 0.717) is 12.4 Å². The van der Waals surface area contributed by atoms with Crippen molar-refractivity contribution in [1.82, 2.24) is 0 Å². The van der Waals surface area contributed by atoms with Crippen LogP contribution in [0.3, 0.4) is 0 Å². The van der Waals surface area contributed by atoms with Gasteiger partial charge in [-0.3, -0.25) is 9.69 Å². The number of phenols is 1. The number of rotatable bonds is 4. The molecule has 1 unspecified atom stereocenters. The maximum Gasteiger partial charge on any atom is 0.238 e. The Bertz CT molecular complexity index is 655. The fourth-order valence-electron chi connectivity index (χ4n) is 2.46. The number of hydrogen-bond donors (Lipinski definition) is 1. The lowest BCUT2D eigenvalue weighted by molar-refractivity contribution is -0.115. The van der Waals surface area contributed by atoms with Gasteiger partial charge in [0.05, 0.1) is 12.4 Å². The molecule has 0 bridgehead atoms. The molecule has 5 heteroatoms. The van der Waals surface area contributed by atoms with Gasteiger partial charge in [0.25, 0.3) is 0 Å². The molecule has 4 nitrogen and oxygen atoms in total. The number of carbonyl (C=O) groups is 1. The zero-order chi connectivity index (χ0) is 15.5. The first kappa shape index (κ1) is 14.8. The van der Waals surface area contributed by atoms with Gasteiger partial charge < -0.3 is 9.84 Å². The Hall–Kier alpha value is -2.14. The summed E-state index contributed by atoms with van der Waals surface area (Å²) in [6.45, 7) is 2.56. The molecule has 1 aliphatic rings. The van der Waals surface area contributed by atoms with Crippen LogP contribution >= 0.6 is 11.8 Å². The number of amides is 1. The number of benzene rings is 2. The summed E-state index contributed by atoms with van der Waals surface area (Å²) < 4.78 is 5.44. The highest BCUT2D eigenvalue weighted by molar-refractivity contribution is 8.00. The van der Waals surface area contributed by atoms with E-state index in [1.54, 1.807) is 28.8 Å². The van der Waals surface area contributed by atoms with E-state index in [1.807, 2.05) is 43.3 Å². The molecule has 0 radical (unpaired) electrons. The minimum absolute atomic E-state index is 0.0638. The topological polar surface area (TPSA) is 49.8 Å². The number of anilines is 1. The van der Waals surface area contributed by atoms with Crippen LogP contribution in [0.4, 0.5) is 5.69 Å². The van der Waals surface area contributed by atoms with E-state index < -0.39 is 0 Å². The van der Waals surface area contributed by atoms with Gasteiger partial charge in [-0.05, 0) is 48.9 Å². The number of ether oxygens (including phenoxy) is 1. The summed E-state index contributed by atoms with van der Waals surface area (Å²) in [6.07, 6.45) is 0. The summed E-state index contributed by atoms with van der Waals surface area (Å²) in [5.74, 6) is 1.57. The number of hydrogen-bond acceptors (Lipinski definition) is 4. The monoisotopic (exact) mass is 315 g/mol. The molecule has 1 N–H and O–H groups in total. The molecule has 22 heavy (non-hydrogen) atoms. The molecular weight excluding hydrogens is 298 g/mol. The fraction of sp³-hybridized carbons (Fsp3) is 0.235. The van der Waals surface area contributed by atoms with Crippen molar-refractivity contribution in [1.29, 1.82) is 0 Å². The van der Waals surface area contributed by atoms with Crippen LogP contribution in [0.2, 0.25) is 0 Å². The molecule has 0 aliphatic carbocycles. The van der Waals surface area contributed by atoms with Gasteiger partial charge in [0.15, 0.2) is 0 Å². The largest absolute Gasteiger partial charge is 0.508 e. The second-order valence-electron chi connectivity index (χ2n) is 4.95. The Kier molecular flexibility index (Phi) is 4.24. The Labute approximate surface area is 133 Å². The molecule has 1 fully saturated rings. The summed E-state index contributed by atoms with van der Waals surface area (Å²) >= 11 is 1.59. The highest BCUT2D eigenvalue weighted by Gasteiger charge is 2.33. The van der Waals surface area contributed by atoms with Crippen molar-refractivity contribution in [2.75, 3.05) is 17.3 Å². The molecule has 0 spiro atoms. The standard InChI is InChI=1S/C17H17NO3S/c1-2-21-15-9-5-13(6-10-15)18-16(20)11-22-17(18)12-3-7-14(19)8-4-12/h3-10,17,19H,2,11H2,1H3. The Morgan fingerprint density at radius 2 is 1.86 bits per heavy atom. The first-order chi connectivity index (χ1) is 10.7. The van der Waals surface area contributed by atoms with Crippen LogP contribution in [0.5, 0.6) is 11.5 Å². The van der Waals surface area contributed by atoms with Crippen molar-refractivity contribution < 1.29 is 14.6 Å². The maximum absolute atomic E-state index is 12.3. The highest BCUT2D eigenvalue weighted by atomic mass is 32.2. The van der Waals surface area contributed by atoms with Crippen LogP contribution in [0.25, 0.3) is 0 Å². The van der Waals surface area contributed by atoms with Crippen molar-refractivity contribution in [2.45, 2.75) is 12.3 Å². The number of carbonyl (C=O) groups excluding carboxylic acids is 1. The number of thioether (sulfide) groups is 1. The summed E-state index contributed by atoms with van der Waals surface area (Å²) in [7, 11) is 0. The normalized spacial score (nSPS) is 17.8. The van der Waals surface area contributed by atoms with Crippen LogP contribution < -0.4 is 9.64 Å². The molecular formula is C17H17NO3S. The van der Waals surface area contributed by atoms with Crippen LogP contribution in [-0.2, 0) is 4.79 Å². The fourth-order valence-corrected chi connectivity index (χ4v) is 3.64. The molecule has 0 saturated carbocycles. The summed E-state index contributed by atoms with van der Waals surface area (Å²) in [4.78, 5) is 14.1. The minimum Gasteiger partial charge on any atom is -0.508 e. The second kappa shape index (κ2) is 6.32. The van der Waals surface area contributed by atoms with Crippen LogP contribution in [0, 0.1) is 0 Å². The quantitative estimate of drug-likeness (QED) is 0.937. The molecule has 3 rings (SSSR count). The molecule has 1 heterocycles. The third-order valence-corrected chi connectivity index (χ3v) is 4.68. The highest BCUT2D eigenvalue weighted by Crippen LogP contribution is 2.42. The van der Waals surface area contributed by atoms with Crippen molar-refractivity contribution in [3.8, 4) is 11.5 Å². The third-order valence-electron chi connectivity index (χ3n) is 3.47. The van der Waals surface area contributed by atoms with E-state index in [1.165, 1.54) is 0 Å². The van der Waals surface area contributed by atoms with Crippen LogP contribution in [-0.4, -0.2) is 23.4 Å². The van der Waals surface area contributed by atoms with Gasteiger partial charge in [-0.25, -0.2) is 0 Å². The predicted octanol–water partition coefficient (Wildman–Crippen LogP) is 3.57. The van der Waals surface area contributed by atoms with Crippen LogP contribution in [0.1, 0.15) is 17.9 Å². The first-order valence-electron chi connectivity index (χ1n) is 7.14. The molecule has 1 atom stereocenters. The lowest BCUT2D eigenvalue weighted by Crippen LogP contribution is -2.27. The van der Waals surface area contributed by atoms with E-state index in [2.05, 4.69) is 0 Å². The van der Waals surface area contributed by atoms with E-state index in [0.717, 1.165) is 17.0 Å². The van der Waals surface area contributed by atoms with E-state index in [4.69, 9.17) is 4.74 Å². The SMILES string of the molecule is CCOc1ccc(N2C(=O)CSC2c2ccc(O)cc2)cc1. The Balaban J connectivity index is 1.88. The lowest BCUT2D eigenvalue weighted by Gasteiger charge is -2.24. The van der Waals surface area contributed by atoms with Crippen molar-refractivity contribution in [3.63, 3.8) is 0 Å². The summed E-state index contributed by atoms with van der Waals surface area (Å²) in [6, 6.07) is 14.6. The molecule has 1 aliphatic heterocycles. The van der Waals surface area contributed by atoms with E-state index >= 15 is 0 Å².